The highest BCUT2D eigenvalue weighted by Crippen LogP contribution is 2.39. The number of aryl methyl sites for hydroxylation is 1. The summed E-state index contributed by atoms with van der Waals surface area (Å²) in [6.07, 6.45) is 0.799. The molecule has 0 atom stereocenters. The van der Waals surface area contributed by atoms with Gasteiger partial charge in [-0.15, -0.1) is 0 Å². The quantitative estimate of drug-likeness (QED) is 0.788. The minimum atomic E-state index is -0.227. The lowest BCUT2D eigenvalue weighted by Gasteiger charge is -2.16. The molecule has 0 radical (unpaired) electrons. The van der Waals surface area contributed by atoms with Crippen LogP contribution in [0.15, 0.2) is 39.5 Å². The Hall–Kier alpha value is -2.60. The van der Waals surface area contributed by atoms with Crippen molar-refractivity contribution >= 4 is 17.2 Å². The molecule has 6 heteroatoms. The van der Waals surface area contributed by atoms with Gasteiger partial charge in [-0.05, 0) is 47.9 Å². The number of hydrogen-bond donors (Lipinski definition) is 1. The van der Waals surface area contributed by atoms with Crippen molar-refractivity contribution in [2.75, 3.05) is 6.54 Å². The molecule has 1 aliphatic heterocycles. The lowest BCUT2D eigenvalue weighted by Crippen LogP contribution is -2.27. The van der Waals surface area contributed by atoms with Crippen LogP contribution >= 0.6 is 11.3 Å². The second-order valence-electron chi connectivity index (χ2n) is 5.76. The summed E-state index contributed by atoms with van der Waals surface area (Å²) in [5.41, 5.74) is 4.18. The lowest BCUT2D eigenvalue weighted by molar-refractivity contribution is 0.0943. The van der Waals surface area contributed by atoms with Crippen LogP contribution in [0.25, 0.3) is 11.3 Å². The number of nitrogens with zero attached hydrogens (tertiary/aromatic N) is 1. The van der Waals surface area contributed by atoms with Crippen molar-refractivity contribution in [2.45, 2.75) is 20.0 Å². The van der Waals surface area contributed by atoms with Crippen molar-refractivity contribution < 1.29 is 14.1 Å². The molecule has 0 saturated carbocycles. The van der Waals surface area contributed by atoms with Crippen LogP contribution in [0.1, 0.15) is 27.2 Å². The number of benzene rings is 1. The number of aromatic nitrogens is 1. The van der Waals surface area contributed by atoms with E-state index >= 15 is 0 Å². The zero-order chi connectivity index (χ0) is 16.5. The molecule has 2 aromatic heterocycles. The highest BCUT2D eigenvalue weighted by Gasteiger charge is 2.28. The van der Waals surface area contributed by atoms with Crippen molar-refractivity contribution in [3.63, 3.8) is 0 Å². The van der Waals surface area contributed by atoms with Gasteiger partial charge >= 0.3 is 0 Å². The first kappa shape index (κ1) is 15.0. The molecular formula is C18H16N2O3S. The molecule has 1 amide bonds. The Morgan fingerprint density at radius 3 is 3.12 bits per heavy atom. The van der Waals surface area contributed by atoms with Crippen LogP contribution in [0.5, 0.6) is 5.75 Å². The predicted molar refractivity (Wildman–Crippen MR) is 91.4 cm³/mol. The van der Waals surface area contributed by atoms with E-state index in [-0.39, 0.29) is 5.91 Å². The third kappa shape index (κ3) is 2.69. The van der Waals surface area contributed by atoms with E-state index in [1.54, 1.807) is 11.3 Å². The second-order valence-corrected chi connectivity index (χ2v) is 6.54. The van der Waals surface area contributed by atoms with E-state index in [4.69, 9.17) is 9.26 Å². The molecule has 0 bridgehead atoms. The number of rotatable bonds is 4. The molecule has 5 nitrogen and oxygen atoms in total. The molecule has 4 rings (SSSR count). The monoisotopic (exact) mass is 340 g/mol. The van der Waals surface area contributed by atoms with E-state index in [2.05, 4.69) is 21.9 Å². The average Bonchev–Trinajstić information content (AvgIpc) is 3.24. The van der Waals surface area contributed by atoms with Crippen molar-refractivity contribution in [1.82, 2.24) is 10.5 Å². The fourth-order valence-corrected chi connectivity index (χ4v) is 3.47. The Morgan fingerprint density at radius 1 is 1.38 bits per heavy atom. The molecule has 122 valence electrons. The molecule has 3 aromatic rings. The van der Waals surface area contributed by atoms with Gasteiger partial charge in [0.15, 0.2) is 11.5 Å². The summed E-state index contributed by atoms with van der Waals surface area (Å²) < 4.78 is 11.2. The van der Waals surface area contributed by atoms with Gasteiger partial charge in [-0.25, -0.2) is 0 Å². The van der Waals surface area contributed by atoms with Crippen molar-refractivity contribution in [1.29, 1.82) is 0 Å². The second kappa shape index (κ2) is 6.13. The Morgan fingerprint density at radius 2 is 2.29 bits per heavy atom. The summed E-state index contributed by atoms with van der Waals surface area (Å²) in [4.78, 5) is 12.4. The minimum absolute atomic E-state index is 0.227. The third-order valence-corrected chi connectivity index (χ3v) is 4.77. The van der Waals surface area contributed by atoms with E-state index < -0.39 is 0 Å². The van der Waals surface area contributed by atoms with E-state index in [1.165, 1.54) is 5.56 Å². The first-order valence-electron chi connectivity index (χ1n) is 7.74. The van der Waals surface area contributed by atoms with Crippen LogP contribution in [0.3, 0.4) is 0 Å². The number of ether oxygens (including phenoxy) is 1. The first-order valence-corrected chi connectivity index (χ1v) is 8.68. The zero-order valence-corrected chi connectivity index (χ0v) is 14.0. The Balaban J connectivity index is 1.52. The predicted octanol–water partition coefficient (Wildman–Crippen LogP) is 3.58. The van der Waals surface area contributed by atoms with Gasteiger partial charge in [-0.1, -0.05) is 16.8 Å². The van der Waals surface area contributed by atoms with Crippen LogP contribution < -0.4 is 10.1 Å². The van der Waals surface area contributed by atoms with E-state index in [1.807, 2.05) is 30.5 Å². The molecule has 0 unspecified atom stereocenters. The van der Waals surface area contributed by atoms with Gasteiger partial charge in [-0.2, -0.15) is 11.3 Å². The zero-order valence-electron chi connectivity index (χ0n) is 13.2. The number of carbonyl (C=O) groups excluding carboxylic acids is 1. The number of hydrogen-bond acceptors (Lipinski definition) is 5. The molecule has 1 N–H and O–H groups in total. The fourth-order valence-electron chi connectivity index (χ4n) is 2.77. The van der Waals surface area contributed by atoms with Crippen LogP contribution in [-0.2, 0) is 13.0 Å². The van der Waals surface area contributed by atoms with Gasteiger partial charge in [0.1, 0.15) is 12.4 Å². The van der Waals surface area contributed by atoms with Crippen molar-refractivity contribution in [3.05, 3.63) is 57.4 Å². The van der Waals surface area contributed by atoms with Gasteiger partial charge in [0, 0.05) is 6.54 Å². The normalized spacial score (nSPS) is 12.2. The standard InChI is InChI=1S/C18H16N2O3S/c1-11-2-3-15-13(8-11)17-14(9-22-15)16(20-23-17)18(21)19-6-4-12-5-7-24-10-12/h2-3,5,7-8,10H,4,6,9H2,1H3,(H,19,21). The van der Waals surface area contributed by atoms with Crippen molar-refractivity contribution in [3.8, 4) is 17.1 Å². The fraction of sp³-hybridized carbons (Fsp3) is 0.222. The smallest absolute Gasteiger partial charge is 0.273 e. The Labute approximate surface area is 143 Å². The summed E-state index contributed by atoms with van der Waals surface area (Å²) in [6, 6.07) is 7.94. The number of fused-ring (bicyclic) bond motifs is 3. The van der Waals surface area contributed by atoms with Crippen LogP contribution in [-0.4, -0.2) is 17.6 Å². The summed E-state index contributed by atoms with van der Waals surface area (Å²) in [6.45, 7) is 2.86. The molecule has 0 aliphatic carbocycles. The molecule has 0 fully saturated rings. The highest BCUT2D eigenvalue weighted by molar-refractivity contribution is 7.07. The number of nitrogens with one attached hydrogen (secondary N) is 1. The molecule has 24 heavy (non-hydrogen) atoms. The maximum atomic E-state index is 12.4. The van der Waals surface area contributed by atoms with E-state index in [9.17, 15) is 4.79 Å². The topological polar surface area (TPSA) is 64.4 Å². The number of amides is 1. The van der Waals surface area contributed by atoms with Gasteiger partial charge in [0.2, 0.25) is 0 Å². The number of thiophene rings is 1. The summed E-state index contributed by atoms with van der Waals surface area (Å²) in [5.74, 6) is 1.16. The molecule has 0 spiro atoms. The molecule has 3 heterocycles. The first-order chi connectivity index (χ1) is 11.7. The van der Waals surface area contributed by atoms with Gasteiger partial charge < -0.3 is 14.6 Å². The average molecular weight is 340 g/mol. The minimum Gasteiger partial charge on any atom is -0.488 e. The molecule has 0 saturated heterocycles. The largest absolute Gasteiger partial charge is 0.488 e. The van der Waals surface area contributed by atoms with Gasteiger partial charge in [0.25, 0.3) is 5.91 Å². The highest BCUT2D eigenvalue weighted by atomic mass is 32.1. The summed E-state index contributed by atoms with van der Waals surface area (Å²) in [5, 5.41) is 11.0. The van der Waals surface area contributed by atoms with Crippen LogP contribution in [0, 0.1) is 6.92 Å². The van der Waals surface area contributed by atoms with Crippen LogP contribution in [0.4, 0.5) is 0 Å². The van der Waals surface area contributed by atoms with E-state index in [0.717, 1.165) is 23.3 Å². The van der Waals surface area contributed by atoms with Crippen LogP contribution in [0.2, 0.25) is 0 Å². The Bertz CT molecular complexity index is 884. The maximum Gasteiger partial charge on any atom is 0.273 e. The molecular weight excluding hydrogens is 324 g/mol. The SMILES string of the molecule is Cc1ccc2c(c1)-c1onc(C(=O)NCCc3ccsc3)c1CO2. The maximum absolute atomic E-state index is 12.4. The number of carbonyl (C=O) groups is 1. The third-order valence-electron chi connectivity index (χ3n) is 4.03. The summed E-state index contributed by atoms with van der Waals surface area (Å²) >= 11 is 1.65. The van der Waals surface area contributed by atoms with Gasteiger partial charge in [0.05, 0.1) is 11.1 Å². The van der Waals surface area contributed by atoms with Gasteiger partial charge in [-0.3, -0.25) is 4.79 Å². The van der Waals surface area contributed by atoms with E-state index in [0.29, 0.717) is 30.2 Å². The summed E-state index contributed by atoms with van der Waals surface area (Å²) in [7, 11) is 0. The van der Waals surface area contributed by atoms with Crippen molar-refractivity contribution in [2.24, 2.45) is 0 Å². The molecule has 1 aliphatic rings. The molecule has 1 aromatic carbocycles. The lowest BCUT2D eigenvalue weighted by atomic mass is 10.0. The Kier molecular flexibility index (Phi) is 3.82.